The molecule has 5 N–H and O–H groups in total. The van der Waals surface area contributed by atoms with Crippen LogP contribution >= 0.6 is 11.8 Å². The number of rotatable bonds is 2. The van der Waals surface area contributed by atoms with Gasteiger partial charge in [-0.25, -0.2) is 15.0 Å². The first-order valence-electron chi connectivity index (χ1n) is 7.38. The Morgan fingerprint density at radius 2 is 2.08 bits per heavy atom. The van der Waals surface area contributed by atoms with Crippen LogP contribution in [0.4, 0.5) is 14.9 Å². The van der Waals surface area contributed by atoms with E-state index in [-0.39, 0.29) is 17.0 Å². The Labute approximate surface area is 148 Å². The van der Waals surface area contributed by atoms with Crippen LogP contribution in [0.3, 0.4) is 0 Å². The standard InChI is InChI=1S/C15H19FN4O4S/c1-15(2,3)24-14(23)19-10-6-25-11-5-8(16)7(12(21)20-17)4-9(11)18-13(10)22/h4-5,10H,6,17H2,1-3H3,(H,18,22)(H,19,23)(H,20,21)/t10-/m0/s1. The molecule has 8 nitrogen and oxygen atoms in total. The number of ether oxygens (including phenoxy) is 1. The van der Waals surface area contributed by atoms with E-state index in [4.69, 9.17) is 10.6 Å². The van der Waals surface area contributed by atoms with Crippen LogP contribution in [0.1, 0.15) is 31.1 Å². The van der Waals surface area contributed by atoms with Gasteiger partial charge in [0.25, 0.3) is 5.91 Å². The summed E-state index contributed by atoms with van der Waals surface area (Å²) < 4.78 is 19.1. The molecule has 1 heterocycles. The highest BCUT2D eigenvalue weighted by molar-refractivity contribution is 7.99. The molecule has 1 aromatic carbocycles. The van der Waals surface area contributed by atoms with Crippen LogP contribution < -0.4 is 21.9 Å². The summed E-state index contributed by atoms with van der Waals surface area (Å²) in [5.41, 5.74) is 1.12. The van der Waals surface area contributed by atoms with Crippen molar-refractivity contribution in [3.63, 3.8) is 0 Å². The van der Waals surface area contributed by atoms with Crippen molar-refractivity contribution in [2.75, 3.05) is 11.1 Å². The van der Waals surface area contributed by atoms with Crippen LogP contribution in [0.5, 0.6) is 0 Å². The summed E-state index contributed by atoms with van der Waals surface area (Å²) in [6.07, 6.45) is -0.728. The van der Waals surface area contributed by atoms with Gasteiger partial charge in [0.2, 0.25) is 5.91 Å². The number of hydrogen-bond donors (Lipinski definition) is 4. The van der Waals surface area contributed by atoms with Gasteiger partial charge in [0, 0.05) is 10.6 Å². The summed E-state index contributed by atoms with van der Waals surface area (Å²) in [7, 11) is 0. The number of anilines is 1. The average Bonchev–Trinajstić information content (AvgIpc) is 2.63. The first-order valence-corrected chi connectivity index (χ1v) is 8.37. The Hall–Kier alpha value is -2.33. The van der Waals surface area contributed by atoms with E-state index < -0.39 is 35.4 Å². The van der Waals surface area contributed by atoms with Crippen LogP contribution in [0.2, 0.25) is 0 Å². The second-order valence-corrected chi connectivity index (χ2v) is 7.36. The molecule has 0 aliphatic carbocycles. The number of hydrogen-bond acceptors (Lipinski definition) is 6. The Morgan fingerprint density at radius 3 is 2.68 bits per heavy atom. The molecule has 10 heteroatoms. The average molecular weight is 370 g/mol. The van der Waals surface area contributed by atoms with Crippen molar-refractivity contribution >= 4 is 35.4 Å². The zero-order valence-corrected chi connectivity index (χ0v) is 14.8. The molecule has 0 saturated carbocycles. The number of hydrazine groups is 1. The topological polar surface area (TPSA) is 123 Å². The van der Waals surface area contributed by atoms with Gasteiger partial charge in [0.15, 0.2) is 0 Å². The summed E-state index contributed by atoms with van der Waals surface area (Å²) in [6, 6.07) is 1.47. The number of carbonyl (C=O) groups excluding carboxylic acids is 3. The Bertz CT molecular complexity index is 720. The molecule has 1 atom stereocenters. The predicted octanol–water partition coefficient (Wildman–Crippen LogP) is 1.37. The van der Waals surface area contributed by atoms with Crippen molar-refractivity contribution in [2.24, 2.45) is 5.84 Å². The van der Waals surface area contributed by atoms with Gasteiger partial charge in [-0.3, -0.25) is 15.0 Å². The number of fused-ring (bicyclic) bond motifs is 1. The number of halogens is 1. The number of alkyl carbamates (subject to hydrolysis) is 1. The molecule has 1 aliphatic heterocycles. The lowest BCUT2D eigenvalue weighted by molar-refractivity contribution is -0.117. The summed E-state index contributed by atoms with van der Waals surface area (Å²) in [5, 5.41) is 5.05. The summed E-state index contributed by atoms with van der Waals surface area (Å²) in [6.45, 7) is 5.12. The van der Waals surface area contributed by atoms with E-state index in [0.717, 1.165) is 6.07 Å². The number of benzene rings is 1. The number of nitrogens with two attached hydrogens (primary N) is 1. The smallest absolute Gasteiger partial charge is 0.408 e. The molecule has 0 spiro atoms. The maximum atomic E-state index is 14.0. The minimum Gasteiger partial charge on any atom is -0.444 e. The Morgan fingerprint density at radius 1 is 1.40 bits per heavy atom. The second-order valence-electron chi connectivity index (χ2n) is 6.30. The van der Waals surface area contributed by atoms with Gasteiger partial charge in [-0.2, -0.15) is 0 Å². The number of thioether (sulfide) groups is 1. The van der Waals surface area contributed by atoms with Crippen LogP contribution in [0, 0.1) is 5.82 Å². The van der Waals surface area contributed by atoms with E-state index in [2.05, 4.69) is 10.6 Å². The van der Waals surface area contributed by atoms with Gasteiger partial charge in [0.05, 0.1) is 11.3 Å². The second kappa shape index (κ2) is 7.28. The molecule has 0 fully saturated rings. The van der Waals surface area contributed by atoms with Crippen molar-refractivity contribution in [1.82, 2.24) is 10.7 Å². The number of carbonyl (C=O) groups is 3. The van der Waals surface area contributed by atoms with Crippen LogP contribution in [-0.4, -0.2) is 35.3 Å². The van der Waals surface area contributed by atoms with Crippen LogP contribution in [0.15, 0.2) is 17.0 Å². The fraction of sp³-hybridized carbons (Fsp3) is 0.400. The molecule has 136 valence electrons. The maximum absolute atomic E-state index is 14.0. The third kappa shape index (κ3) is 4.83. The van der Waals surface area contributed by atoms with Gasteiger partial charge in [0.1, 0.15) is 17.5 Å². The molecule has 0 bridgehead atoms. The zero-order chi connectivity index (χ0) is 18.8. The minimum absolute atomic E-state index is 0.181. The normalized spacial score (nSPS) is 17.0. The van der Waals surface area contributed by atoms with Gasteiger partial charge in [-0.1, -0.05) is 0 Å². The van der Waals surface area contributed by atoms with Crippen LogP contribution in [-0.2, 0) is 9.53 Å². The largest absolute Gasteiger partial charge is 0.444 e. The molecule has 1 aromatic rings. The SMILES string of the molecule is CC(C)(C)OC(=O)N[C@H]1CSc2cc(F)c(C(=O)NN)cc2NC1=O. The fourth-order valence-electron chi connectivity index (χ4n) is 2.05. The van der Waals surface area contributed by atoms with Crippen LogP contribution in [0.25, 0.3) is 0 Å². The van der Waals surface area contributed by atoms with E-state index >= 15 is 0 Å². The van der Waals surface area contributed by atoms with Gasteiger partial charge >= 0.3 is 6.09 Å². The lowest BCUT2D eigenvalue weighted by Crippen LogP contribution is -2.46. The Kier molecular flexibility index (Phi) is 5.53. The number of nitrogens with one attached hydrogen (secondary N) is 3. The summed E-state index contributed by atoms with van der Waals surface area (Å²) >= 11 is 1.17. The van der Waals surface area contributed by atoms with Gasteiger partial charge in [-0.15, -0.1) is 11.8 Å². The predicted molar refractivity (Wildman–Crippen MR) is 90.6 cm³/mol. The lowest BCUT2D eigenvalue weighted by Gasteiger charge is -2.22. The van der Waals surface area contributed by atoms with Crippen molar-refractivity contribution in [2.45, 2.75) is 37.3 Å². The highest BCUT2D eigenvalue weighted by Gasteiger charge is 2.29. The van der Waals surface area contributed by atoms with Gasteiger partial charge in [-0.05, 0) is 32.9 Å². The summed E-state index contributed by atoms with van der Waals surface area (Å²) in [4.78, 5) is 36.1. The van der Waals surface area contributed by atoms with E-state index in [0.29, 0.717) is 4.90 Å². The quantitative estimate of drug-likeness (QED) is 0.354. The fourth-order valence-corrected chi connectivity index (χ4v) is 3.08. The van der Waals surface area contributed by atoms with Crippen molar-refractivity contribution in [3.8, 4) is 0 Å². The zero-order valence-electron chi connectivity index (χ0n) is 13.9. The highest BCUT2D eigenvalue weighted by Crippen LogP contribution is 2.33. The lowest BCUT2D eigenvalue weighted by atomic mass is 10.1. The van der Waals surface area contributed by atoms with Gasteiger partial charge < -0.3 is 15.4 Å². The van der Waals surface area contributed by atoms with E-state index in [1.807, 2.05) is 5.43 Å². The molecule has 0 radical (unpaired) electrons. The molecule has 0 saturated heterocycles. The number of nitrogen functional groups attached to an aromatic ring is 1. The van der Waals surface area contributed by atoms with Crippen molar-refractivity contribution in [1.29, 1.82) is 0 Å². The molecule has 0 aromatic heterocycles. The third-order valence-electron chi connectivity index (χ3n) is 3.12. The van der Waals surface area contributed by atoms with E-state index in [1.165, 1.54) is 17.8 Å². The van der Waals surface area contributed by atoms with Crippen molar-refractivity contribution in [3.05, 3.63) is 23.5 Å². The Balaban J connectivity index is 2.17. The molecule has 2 rings (SSSR count). The monoisotopic (exact) mass is 370 g/mol. The first kappa shape index (κ1) is 19.0. The highest BCUT2D eigenvalue weighted by atomic mass is 32.2. The molecular weight excluding hydrogens is 351 g/mol. The molecule has 25 heavy (non-hydrogen) atoms. The van der Waals surface area contributed by atoms with E-state index in [9.17, 15) is 18.8 Å². The molecular formula is C15H19FN4O4S. The molecule has 0 unspecified atom stereocenters. The van der Waals surface area contributed by atoms with E-state index in [1.54, 1.807) is 20.8 Å². The minimum atomic E-state index is -0.873. The first-order chi connectivity index (χ1) is 11.6. The summed E-state index contributed by atoms with van der Waals surface area (Å²) in [5.74, 6) is 3.12. The molecule has 3 amide bonds. The third-order valence-corrected chi connectivity index (χ3v) is 4.26. The molecule has 1 aliphatic rings. The number of amides is 3. The maximum Gasteiger partial charge on any atom is 0.408 e. The van der Waals surface area contributed by atoms with Crippen molar-refractivity contribution < 1.29 is 23.5 Å².